The lowest BCUT2D eigenvalue weighted by molar-refractivity contribution is 0.0951. The monoisotopic (exact) mass is 245 g/mol. The molecule has 2 aromatic heterocycles. The van der Waals surface area contributed by atoms with Gasteiger partial charge in [-0.25, -0.2) is 4.52 Å². The third kappa shape index (κ3) is 1.81. The number of nitrogens with zero attached hydrogens (tertiary/aromatic N) is 2. The first-order valence-corrected chi connectivity index (χ1v) is 6.01. The van der Waals surface area contributed by atoms with Gasteiger partial charge in [-0.15, -0.1) is 0 Å². The van der Waals surface area contributed by atoms with Crippen molar-refractivity contribution in [1.82, 2.24) is 14.9 Å². The highest BCUT2D eigenvalue weighted by Crippen LogP contribution is 2.29. The number of fused-ring (bicyclic) bond motifs is 1. The third-order valence-corrected chi connectivity index (χ3v) is 3.40. The van der Waals surface area contributed by atoms with Crippen LogP contribution in [0.2, 0.25) is 0 Å². The highest BCUT2D eigenvalue weighted by Gasteiger charge is 2.34. The number of hydrogen-bond donors (Lipinski definition) is 1. The number of amides is 1. The molecule has 3 rings (SSSR count). The zero-order valence-corrected chi connectivity index (χ0v) is 10.4. The van der Waals surface area contributed by atoms with Gasteiger partial charge < -0.3 is 10.1 Å². The van der Waals surface area contributed by atoms with Crippen molar-refractivity contribution in [2.45, 2.75) is 19.4 Å². The first kappa shape index (κ1) is 11.1. The first-order valence-electron chi connectivity index (χ1n) is 6.01. The van der Waals surface area contributed by atoms with Gasteiger partial charge in [0.25, 0.3) is 5.91 Å². The lowest BCUT2D eigenvalue weighted by Crippen LogP contribution is -2.26. The Kier molecular flexibility index (Phi) is 2.47. The summed E-state index contributed by atoms with van der Waals surface area (Å²) in [7, 11) is 1.60. The van der Waals surface area contributed by atoms with Gasteiger partial charge in [-0.3, -0.25) is 4.79 Å². The number of nitrogens with one attached hydrogen (secondary N) is 1. The topological polar surface area (TPSA) is 55.6 Å². The Labute approximate surface area is 105 Å². The van der Waals surface area contributed by atoms with Crippen LogP contribution in [0.15, 0.2) is 24.5 Å². The summed E-state index contributed by atoms with van der Waals surface area (Å²) in [5.41, 5.74) is 1.35. The molecule has 1 aliphatic rings. The third-order valence-electron chi connectivity index (χ3n) is 3.40. The molecule has 18 heavy (non-hydrogen) atoms. The molecule has 2 heterocycles. The minimum Gasteiger partial charge on any atom is -0.497 e. The van der Waals surface area contributed by atoms with Gasteiger partial charge in [0.1, 0.15) is 5.75 Å². The van der Waals surface area contributed by atoms with Gasteiger partial charge >= 0.3 is 0 Å². The molecule has 2 atom stereocenters. The molecule has 5 nitrogen and oxygen atoms in total. The number of carbonyl (C=O) groups excluding carboxylic acids is 1. The van der Waals surface area contributed by atoms with Crippen LogP contribution in [0.25, 0.3) is 5.52 Å². The molecule has 1 amide bonds. The average molecular weight is 245 g/mol. The minimum atomic E-state index is -0.0624. The SMILES string of the molecule is COc1ccn2ncc(C(=O)N[C@H]3C[C@@H]3C)c2c1. The predicted molar refractivity (Wildman–Crippen MR) is 66.8 cm³/mol. The number of methoxy groups -OCH3 is 1. The molecule has 0 radical (unpaired) electrons. The molecule has 1 saturated carbocycles. The average Bonchev–Trinajstić information content (AvgIpc) is 2.92. The van der Waals surface area contributed by atoms with Gasteiger partial charge in [0, 0.05) is 18.3 Å². The number of hydrogen-bond acceptors (Lipinski definition) is 3. The van der Waals surface area contributed by atoms with E-state index in [9.17, 15) is 4.79 Å². The Bertz CT molecular complexity index is 605. The lowest BCUT2D eigenvalue weighted by Gasteiger charge is -2.03. The normalized spacial score (nSPS) is 21.9. The molecule has 0 bridgehead atoms. The number of aromatic nitrogens is 2. The Hall–Kier alpha value is -2.04. The fraction of sp³-hybridized carbons (Fsp3) is 0.385. The van der Waals surface area contributed by atoms with Crippen LogP contribution in [0.3, 0.4) is 0 Å². The fourth-order valence-corrected chi connectivity index (χ4v) is 2.03. The van der Waals surface area contributed by atoms with Gasteiger partial charge in [0.15, 0.2) is 0 Å². The van der Waals surface area contributed by atoms with Crippen LogP contribution < -0.4 is 10.1 Å². The molecular formula is C13H15N3O2. The molecule has 94 valence electrons. The predicted octanol–water partition coefficient (Wildman–Crippen LogP) is 1.48. The first-order chi connectivity index (χ1) is 8.69. The molecule has 0 spiro atoms. The summed E-state index contributed by atoms with van der Waals surface area (Å²) in [6.45, 7) is 2.13. The number of rotatable bonds is 3. The zero-order chi connectivity index (χ0) is 12.7. The fourth-order valence-electron chi connectivity index (χ4n) is 2.03. The van der Waals surface area contributed by atoms with Crippen molar-refractivity contribution >= 4 is 11.4 Å². The smallest absolute Gasteiger partial charge is 0.255 e. The number of ether oxygens (including phenoxy) is 1. The minimum absolute atomic E-state index is 0.0624. The van der Waals surface area contributed by atoms with Gasteiger partial charge in [-0.2, -0.15) is 5.10 Å². The maximum atomic E-state index is 12.1. The molecule has 0 unspecified atom stereocenters. The van der Waals surface area contributed by atoms with Crippen molar-refractivity contribution < 1.29 is 9.53 Å². The highest BCUT2D eigenvalue weighted by atomic mass is 16.5. The summed E-state index contributed by atoms with van der Waals surface area (Å²) >= 11 is 0. The standard InChI is InChI=1S/C13H15N3O2/c1-8-5-11(8)15-13(17)10-7-14-16-4-3-9(18-2)6-12(10)16/h3-4,6-8,11H,5H2,1-2H3,(H,15,17)/t8-,11-/m0/s1. The second-order valence-electron chi connectivity index (χ2n) is 4.75. The van der Waals surface area contributed by atoms with Crippen molar-refractivity contribution in [1.29, 1.82) is 0 Å². The Morgan fingerprint density at radius 1 is 1.61 bits per heavy atom. The number of carbonyl (C=O) groups is 1. The van der Waals surface area contributed by atoms with Crippen molar-refractivity contribution in [3.63, 3.8) is 0 Å². The van der Waals surface area contributed by atoms with Crippen LogP contribution in [0, 0.1) is 5.92 Å². The van der Waals surface area contributed by atoms with E-state index in [4.69, 9.17) is 4.74 Å². The van der Waals surface area contributed by atoms with E-state index < -0.39 is 0 Å². The quantitative estimate of drug-likeness (QED) is 0.891. The van der Waals surface area contributed by atoms with E-state index in [1.807, 2.05) is 12.1 Å². The maximum Gasteiger partial charge on any atom is 0.255 e. The largest absolute Gasteiger partial charge is 0.497 e. The zero-order valence-electron chi connectivity index (χ0n) is 10.4. The molecule has 1 aliphatic carbocycles. The van der Waals surface area contributed by atoms with Crippen LogP contribution >= 0.6 is 0 Å². The van der Waals surface area contributed by atoms with Gasteiger partial charge in [0.05, 0.1) is 24.4 Å². The second kappa shape index (κ2) is 4.01. The van der Waals surface area contributed by atoms with Crippen LogP contribution in [0.4, 0.5) is 0 Å². The number of pyridine rings is 1. The molecule has 5 heteroatoms. The summed E-state index contributed by atoms with van der Waals surface area (Å²) in [4.78, 5) is 12.1. The van der Waals surface area contributed by atoms with Crippen LogP contribution in [-0.2, 0) is 0 Å². The lowest BCUT2D eigenvalue weighted by atomic mass is 10.2. The van der Waals surface area contributed by atoms with E-state index in [-0.39, 0.29) is 5.91 Å². The summed E-state index contributed by atoms with van der Waals surface area (Å²) in [6.07, 6.45) is 4.44. The van der Waals surface area contributed by atoms with Gasteiger partial charge in [0.2, 0.25) is 0 Å². The van der Waals surface area contributed by atoms with Crippen molar-refractivity contribution in [3.8, 4) is 5.75 Å². The summed E-state index contributed by atoms with van der Waals surface area (Å²) in [5.74, 6) is 1.25. The van der Waals surface area contributed by atoms with Gasteiger partial charge in [-0.1, -0.05) is 6.92 Å². The van der Waals surface area contributed by atoms with E-state index in [0.29, 0.717) is 17.5 Å². The molecule has 0 aliphatic heterocycles. The van der Waals surface area contributed by atoms with E-state index in [0.717, 1.165) is 17.7 Å². The maximum absolute atomic E-state index is 12.1. The Balaban J connectivity index is 1.93. The van der Waals surface area contributed by atoms with E-state index in [1.165, 1.54) is 0 Å². The van der Waals surface area contributed by atoms with Crippen molar-refractivity contribution in [2.75, 3.05) is 7.11 Å². The van der Waals surface area contributed by atoms with Crippen molar-refractivity contribution in [3.05, 3.63) is 30.1 Å². The molecule has 0 saturated heterocycles. The Morgan fingerprint density at radius 2 is 2.39 bits per heavy atom. The summed E-state index contributed by atoms with van der Waals surface area (Å²) in [5, 5.41) is 7.16. The molecule has 0 aromatic carbocycles. The van der Waals surface area contributed by atoms with E-state index in [1.54, 1.807) is 24.0 Å². The van der Waals surface area contributed by atoms with Crippen LogP contribution in [0.1, 0.15) is 23.7 Å². The summed E-state index contributed by atoms with van der Waals surface area (Å²) in [6, 6.07) is 3.95. The summed E-state index contributed by atoms with van der Waals surface area (Å²) < 4.78 is 6.84. The molecule has 1 fully saturated rings. The van der Waals surface area contributed by atoms with Crippen LogP contribution in [0.5, 0.6) is 5.75 Å². The molecular weight excluding hydrogens is 230 g/mol. The Morgan fingerprint density at radius 3 is 3.06 bits per heavy atom. The second-order valence-corrected chi connectivity index (χ2v) is 4.75. The van der Waals surface area contributed by atoms with E-state index >= 15 is 0 Å². The van der Waals surface area contributed by atoms with Crippen LogP contribution in [-0.4, -0.2) is 28.7 Å². The van der Waals surface area contributed by atoms with E-state index in [2.05, 4.69) is 17.3 Å². The van der Waals surface area contributed by atoms with Gasteiger partial charge in [-0.05, 0) is 18.4 Å². The molecule has 1 N–H and O–H groups in total. The van der Waals surface area contributed by atoms with Crippen molar-refractivity contribution in [2.24, 2.45) is 5.92 Å². The molecule has 2 aromatic rings. The highest BCUT2D eigenvalue weighted by molar-refractivity contribution is 6.01.